The van der Waals surface area contributed by atoms with Gasteiger partial charge in [-0.15, -0.1) is 0 Å². The van der Waals surface area contributed by atoms with Crippen molar-refractivity contribution < 1.29 is 4.79 Å². The molecule has 0 atom stereocenters. The van der Waals surface area contributed by atoms with Crippen LogP contribution in [0.5, 0.6) is 0 Å². The van der Waals surface area contributed by atoms with Gasteiger partial charge in [0.2, 0.25) is 5.91 Å². The van der Waals surface area contributed by atoms with Crippen molar-refractivity contribution in [2.75, 3.05) is 18.4 Å². The van der Waals surface area contributed by atoms with Crippen molar-refractivity contribution >= 4 is 11.6 Å². The lowest BCUT2D eigenvalue weighted by Gasteiger charge is -2.07. The number of carbonyl (C=O) groups excluding carboxylic acids is 1. The fourth-order valence-corrected chi connectivity index (χ4v) is 1.21. The van der Waals surface area contributed by atoms with Crippen LogP contribution in [0.2, 0.25) is 0 Å². The number of aryl methyl sites for hydroxylation is 1. The molecule has 0 unspecified atom stereocenters. The molecule has 3 nitrogen and oxygen atoms in total. The Morgan fingerprint density at radius 2 is 1.87 bits per heavy atom. The van der Waals surface area contributed by atoms with E-state index in [4.69, 9.17) is 0 Å². The molecule has 1 rings (SSSR count). The Labute approximate surface area is 90.9 Å². The second kappa shape index (κ2) is 6.06. The van der Waals surface area contributed by atoms with Crippen molar-refractivity contribution in [2.24, 2.45) is 0 Å². The van der Waals surface area contributed by atoms with E-state index in [0.29, 0.717) is 13.0 Å². The summed E-state index contributed by atoms with van der Waals surface area (Å²) in [7, 11) is 0. The van der Waals surface area contributed by atoms with Gasteiger partial charge in [0.15, 0.2) is 0 Å². The SMILES string of the molecule is CCC(=O)NCCNc1ccc(C)cc1. The van der Waals surface area contributed by atoms with Crippen molar-refractivity contribution in [1.82, 2.24) is 5.32 Å². The Balaban J connectivity index is 2.20. The normalized spacial score (nSPS) is 9.73. The van der Waals surface area contributed by atoms with E-state index in [1.54, 1.807) is 0 Å². The highest BCUT2D eigenvalue weighted by molar-refractivity contribution is 5.75. The lowest BCUT2D eigenvalue weighted by Crippen LogP contribution is -2.27. The first kappa shape index (κ1) is 11.6. The van der Waals surface area contributed by atoms with Crippen molar-refractivity contribution in [3.05, 3.63) is 29.8 Å². The number of hydrogen-bond donors (Lipinski definition) is 2. The molecule has 0 aromatic heterocycles. The number of amides is 1. The standard InChI is InChI=1S/C12H18N2O/c1-3-12(15)14-9-8-13-11-6-4-10(2)5-7-11/h4-7,13H,3,8-9H2,1-2H3,(H,14,15). The van der Waals surface area contributed by atoms with Gasteiger partial charge in [-0.1, -0.05) is 24.6 Å². The molecule has 0 heterocycles. The van der Waals surface area contributed by atoms with E-state index in [1.807, 2.05) is 19.1 Å². The minimum atomic E-state index is 0.0979. The van der Waals surface area contributed by atoms with E-state index >= 15 is 0 Å². The molecule has 82 valence electrons. The van der Waals surface area contributed by atoms with Crippen LogP contribution in [0.4, 0.5) is 5.69 Å². The second-order valence-electron chi connectivity index (χ2n) is 3.50. The summed E-state index contributed by atoms with van der Waals surface area (Å²) in [5.74, 6) is 0.0979. The maximum Gasteiger partial charge on any atom is 0.219 e. The molecule has 15 heavy (non-hydrogen) atoms. The molecule has 3 heteroatoms. The minimum absolute atomic E-state index is 0.0979. The van der Waals surface area contributed by atoms with Crippen LogP contribution in [0, 0.1) is 6.92 Å². The largest absolute Gasteiger partial charge is 0.383 e. The molecular weight excluding hydrogens is 188 g/mol. The first-order valence-corrected chi connectivity index (χ1v) is 5.29. The highest BCUT2D eigenvalue weighted by Gasteiger charge is 1.95. The number of benzene rings is 1. The van der Waals surface area contributed by atoms with Crippen LogP contribution in [0.25, 0.3) is 0 Å². The van der Waals surface area contributed by atoms with E-state index in [0.717, 1.165) is 12.2 Å². The van der Waals surface area contributed by atoms with Crippen molar-refractivity contribution in [2.45, 2.75) is 20.3 Å². The van der Waals surface area contributed by atoms with Gasteiger partial charge in [-0.05, 0) is 19.1 Å². The topological polar surface area (TPSA) is 41.1 Å². The van der Waals surface area contributed by atoms with Gasteiger partial charge in [-0.25, -0.2) is 0 Å². The molecule has 1 amide bonds. The Morgan fingerprint density at radius 1 is 1.20 bits per heavy atom. The van der Waals surface area contributed by atoms with Crippen molar-refractivity contribution in [1.29, 1.82) is 0 Å². The molecule has 0 aliphatic carbocycles. The van der Waals surface area contributed by atoms with E-state index in [9.17, 15) is 4.79 Å². The lowest BCUT2D eigenvalue weighted by molar-refractivity contribution is -0.120. The van der Waals surface area contributed by atoms with Crippen LogP contribution in [0.15, 0.2) is 24.3 Å². The molecule has 0 saturated heterocycles. The molecule has 0 spiro atoms. The van der Waals surface area contributed by atoms with Gasteiger partial charge >= 0.3 is 0 Å². The van der Waals surface area contributed by atoms with Gasteiger partial charge in [-0.2, -0.15) is 0 Å². The molecule has 1 aromatic rings. The van der Waals surface area contributed by atoms with Gasteiger partial charge in [0.05, 0.1) is 0 Å². The predicted octanol–water partition coefficient (Wildman–Crippen LogP) is 1.93. The zero-order valence-corrected chi connectivity index (χ0v) is 9.34. The Kier molecular flexibility index (Phi) is 4.68. The summed E-state index contributed by atoms with van der Waals surface area (Å²) in [4.78, 5) is 10.9. The van der Waals surface area contributed by atoms with Crippen LogP contribution in [-0.4, -0.2) is 19.0 Å². The van der Waals surface area contributed by atoms with Crippen LogP contribution in [0.1, 0.15) is 18.9 Å². The molecule has 0 aliphatic rings. The number of nitrogens with one attached hydrogen (secondary N) is 2. The summed E-state index contributed by atoms with van der Waals surface area (Å²) in [6, 6.07) is 8.20. The van der Waals surface area contributed by atoms with Crippen molar-refractivity contribution in [3.63, 3.8) is 0 Å². The Morgan fingerprint density at radius 3 is 2.47 bits per heavy atom. The molecule has 1 aromatic carbocycles. The summed E-state index contributed by atoms with van der Waals surface area (Å²) in [5, 5.41) is 6.05. The van der Waals surface area contributed by atoms with Crippen molar-refractivity contribution in [3.8, 4) is 0 Å². The zero-order chi connectivity index (χ0) is 11.1. The number of hydrogen-bond acceptors (Lipinski definition) is 2. The maximum absolute atomic E-state index is 10.9. The summed E-state index contributed by atoms with van der Waals surface area (Å²) in [6.45, 7) is 5.34. The number of carbonyl (C=O) groups is 1. The first-order valence-electron chi connectivity index (χ1n) is 5.29. The lowest BCUT2D eigenvalue weighted by atomic mass is 10.2. The first-order chi connectivity index (χ1) is 7.22. The van der Waals surface area contributed by atoms with Gasteiger partial charge in [0, 0.05) is 25.2 Å². The average Bonchev–Trinajstić information content (AvgIpc) is 2.26. The molecule has 0 aliphatic heterocycles. The third-order valence-electron chi connectivity index (χ3n) is 2.15. The third kappa shape index (κ3) is 4.49. The second-order valence-corrected chi connectivity index (χ2v) is 3.50. The quantitative estimate of drug-likeness (QED) is 0.723. The van der Waals surface area contributed by atoms with E-state index < -0.39 is 0 Å². The highest BCUT2D eigenvalue weighted by atomic mass is 16.1. The van der Waals surface area contributed by atoms with Crippen LogP contribution < -0.4 is 10.6 Å². The van der Waals surface area contributed by atoms with Gasteiger partial charge in [0.25, 0.3) is 0 Å². The minimum Gasteiger partial charge on any atom is -0.383 e. The van der Waals surface area contributed by atoms with Crippen LogP contribution in [0.3, 0.4) is 0 Å². The highest BCUT2D eigenvalue weighted by Crippen LogP contribution is 2.07. The summed E-state index contributed by atoms with van der Waals surface area (Å²) < 4.78 is 0. The van der Waals surface area contributed by atoms with Crippen LogP contribution >= 0.6 is 0 Å². The molecule has 0 radical (unpaired) electrons. The Bertz CT molecular complexity index is 306. The van der Waals surface area contributed by atoms with E-state index in [1.165, 1.54) is 5.56 Å². The van der Waals surface area contributed by atoms with Gasteiger partial charge < -0.3 is 10.6 Å². The molecule has 2 N–H and O–H groups in total. The maximum atomic E-state index is 10.9. The van der Waals surface area contributed by atoms with Crippen LogP contribution in [-0.2, 0) is 4.79 Å². The number of rotatable bonds is 5. The Hall–Kier alpha value is -1.51. The zero-order valence-electron chi connectivity index (χ0n) is 9.34. The summed E-state index contributed by atoms with van der Waals surface area (Å²) >= 11 is 0. The summed E-state index contributed by atoms with van der Waals surface area (Å²) in [6.07, 6.45) is 0.546. The smallest absolute Gasteiger partial charge is 0.219 e. The van der Waals surface area contributed by atoms with E-state index in [2.05, 4.69) is 29.7 Å². The fraction of sp³-hybridized carbons (Fsp3) is 0.417. The average molecular weight is 206 g/mol. The fourth-order valence-electron chi connectivity index (χ4n) is 1.21. The van der Waals surface area contributed by atoms with Gasteiger partial charge in [-0.3, -0.25) is 4.79 Å². The predicted molar refractivity (Wildman–Crippen MR) is 63.0 cm³/mol. The molecule has 0 fully saturated rings. The molecule has 0 saturated carbocycles. The molecular formula is C12H18N2O. The summed E-state index contributed by atoms with van der Waals surface area (Å²) in [5.41, 5.74) is 2.34. The molecule has 0 bridgehead atoms. The number of anilines is 1. The monoisotopic (exact) mass is 206 g/mol. The van der Waals surface area contributed by atoms with Gasteiger partial charge in [0.1, 0.15) is 0 Å². The van der Waals surface area contributed by atoms with E-state index in [-0.39, 0.29) is 5.91 Å². The third-order valence-corrected chi connectivity index (χ3v) is 2.15.